The Kier molecular flexibility index (Phi) is 9.95. The van der Waals surface area contributed by atoms with Crippen molar-refractivity contribution in [3.63, 3.8) is 0 Å². The van der Waals surface area contributed by atoms with E-state index in [1.165, 1.54) is 22.5 Å². The molecule has 0 atom stereocenters. The van der Waals surface area contributed by atoms with Gasteiger partial charge in [-0.05, 0) is 62.7 Å². The fraction of sp³-hybridized carbons (Fsp3) is 0.400. The number of ether oxygens (including phenoxy) is 3. The minimum Gasteiger partial charge on any atom is -0.493 e. The zero-order valence-corrected chi connectivity index (χ0v) is 21.4. The van der Waals surface area contributed by atoms with E-state index in [1.54, 1.807) is 45.2 Å². The van der Waals surface area contributed by atoms with Crippen LogP contribution in [0, 0.1) is 0 Å². The molecular formula is C25H34N2O6S. The minimum atomic E-state index is -3.68. The third-order valence-corrected chi connectivity index (χ3v) is 6.88. The van der Waals surface area contributed by atoms with Crippen molar-refractivity contribution in [2.24, 2.45) is 0 Å². The summed E-state index contributed by atoms with van der Waals surface area (Å²) >= 11 is 0. The average Bonchev–Trinajstić information content (AvgIpc) is 2.79. The summed E-state index contributed by atoms with van der Waals surface area (Å²) in [6.45, 7) is 10.3. The number of hydrogen-bond donors (Lipinski definition) is 1. The molecule has 0 bridgehead atoms. The Hall–Kier alpha value is -3.04. The van der Waals surface area contributed by atoms with Gasteiger partial charge in [0.05, 0.1) is 30.4 Å². The smallest absolute Gasteiger partial charge is 0.248 e. The first kappa shape index (κ1) is 27.2. The Labute approximate surface area is 202 Å². The number of hydrogen-bond acceptors (Lipinski definition) is 6. The molecule has 0 saturated heterocycles. The van der Waals surface area contributed by atoms with Crippen LogP contribution in [0.5, 0.6) is 17.2 Å². The van der Waals surface area contributed by atoms with E-state index in [9.17, 15) is 13.2 Å². The summed E-state index contributed by atoms with van der Waals surface area (Å²) in [5.41, 5.74) is 1.02. The van der Waals surface area contributed by atoms with Crippen molar-refractivity contribution in [3.05, 3.63) is 48.0 Å². The number of carbonyl (C=O) groups excluding carboxylic acids is 1. The van der Waals surface area contributed by atoms with Gasteiger partial charge in [0, 0.05) is 19.2 Å². The fourth-order valence-corrected chi connectivity index (χ4v) is 4.73. The Balaban J connectivity index is 2.28. The van der Waals surface area contributed by atoms with E-state index in [4.69, 9.17) is 14.2 Å². The van der Waals surface area contributed by atoms with Crippen LogP contribution in [-0.2, 0) is 14.8 Å². The molecule has 1 amide bonds. The molecule has 0 aliphatic carbocycles. The first-order chi connectivity index (χ1) is 16.2. The van der Waals surface area contributed by atoms with E-state index in [1.807, 2.05) is 26.8 Å². The van der Waals surface area contributed by atoms with Crippen LogP contribution in [0.4, 0.5) is 5.69 Å². The predicted molar refractivity (Wildman–Crippen MR) is 134 cm³/mol. The van der Waals surface area contributed by atoms with Crippen molar-refractivity contribution in [1.29, 1.82) is 0 Å². The summed E-state index contributed by atoms with van der Waals surface area (Å²) in [4.78, 5) is 12.7. The van der Waals surface area contributed by atoms with E-state index < -0.39 is 15.9 Å². The second-order valence-corrected chi connectivity index (χ2v) is 9.52. The Bertz CT molecular complexity index is 1110. The van der Waals surface area contributed by atoms with Crippen LogP contribution in [0.25, 0.3) is 6.08 Å². The van der Waals surface area contributed by atoms with Gasteiger partial charge < -0.3 is 19.5 Å². The molecule has 0 aliphatic heterocycles. The minimum absolute atomic E-state index is 0.00177. The van der Waals surface area contributed by atoms with Crippen LogP contribution in [0.15, 0.2) is 47.4 Å². The van der Waals surface area contributed by atoms with Gasteiger partial charge in [0.1, 0.15) is 5.75 Å². The number of amides is 1. The Morgan fingerprint density at radius 2 is 1.71 bits per heavy atom. The van der Waals surface area contributed by atoms with Crippen molar-refractivity contribution >= 4 is 27.7 Å². The van der Waals surface area contributed by atoms with Crippen LogP contribution in [0.1, 0.15) is 40.2 Å². The normalized spacial score (nSPS) is 11.8. The molecule has 0 aliphatic rings. The van der Waals surface area contributed by atoms with Crippen LogP contribution >= 0.6 is 0 Å². The summed E-state index contributed by atoms with van der Waals surface area (Å²) in [5.74, 6) is 1.13. The number of methoxy groups -OCH3 is 1. The van der Waals surface area contributed by atoms with Gasteiger partial charge in [-0.2, -0.15) is 4.31 Å². The molecule has 0 saturated carbocycles. The molecule has 34 heavy (non-hydrogen) atoms. The number of nitrogens with zero attached hydrogens (tertiary/aromatic N) is 1. The maximum Gasteiger partial charge on any atom is 0.248 e. The highest BCUT2D eigenvalue weighted by Crippen LogP contribution is 2.31. The number of nitrogens with one attached hydrogen (secondary N) is 1. The van der Waals surface area contributed by atoms with Gasteiger partial charge in [-0.25, -0.2) is 8.42 Å². The topological polar surface area (TPSA) is 94.2 Å². The maximum atomic E-state index is 12.9. The highest BCUT2D eigenvalue weighted by atomic mass is 32.2. The van der Waals surface area contributed by atoms with E-state index in [0.717, 1.165) is 5.56 Å². The first-order valence-corrected chi connectivity index (χ1v) is 12.7. The van der Waals surface area contributed by atoms with Gasteiger partial charge in [0.2, 0.25) is 15.9 Å². The van der Waals surface area contributed by atoms with Gasteiger partial charge >= 0.3 is 0 Å². The van der Waals surface area contributed by atoms with Crippen molar-refractivity contribution in [2.45, 2.75) is 45.6 Å². The van der Waals surface area contributed by atoms with Gasteiger partial charge in [0.15, 0.2) is 11.5 Å². The lowest BCUT2D eigenvalue weighted by Crippen LogP contribution is -2.30. The Morgan fingerprint density at radius 3 is 2.29 bits per heavy atom. The highest BCUT2D eigenvalue weighted by molar-refractivity contribution is 7.89. The lowest BCUT2D eigenvalue weighted by molar-refractivity contribution is -0.111. The van der Waals surface area contributed by atoms with E-state index in [-0.39, 0.29) is 16.7 Å². The second kappa shape index (κ2) is 12.4. The van der Waals surface area contributed by atoms with Crippen LogP contribution < -0.4 is 19.5 Å². The average molecular weight is 491 g/mol. The molecule has 0 spiro atoms. The molecule has 0 radical (unpaired) electrons. The Morgan fingerprint density at radius 1 is 1.03 bits per heavy atom. The molecule has 0 unspecified atom stereocenters. The van der Waals surface area contributed by atoms with Crippen LogP contribution in [0.3, 0.4) is 0 Å². The summed E-state index contributed by atoms with van der Waals surface area (Å²) in [5, 5.41) is 2.73. The van der Waals surface area contributed by atoms with Crippen LogP contribution in [0.2, 0.25) is 0 Å². The van der Waals surface area contributed by atoms with Crippen molar-refractivity contribution in [3.8, 4) is 17.2 Å². The SMILES string of the molecule is CCOc1ccc(S(=O)(=O)N(CC)CC)cc1NC(=O)/C=C/c1ccc(OC(C)C)c(OC)c1. The zero-order valence-electron chi connectivity index (χ0n) is 20.6. The molecule has 2 rings (SSSR count). The van der Waals surface area contributed by atoms with Gasteiger partial charge in [-0.3, -0.25) is 4.79 Å². The highest BCUT2D eigenvalue weighted by Gasteiger charge is 2.23. The standard InChI is InChI=1S/C25H34N2O6S/c1-7-27(8-2)34(29,30)20-12-14-22(32-9-3)21(17-20)26-25(28)15-11-19-10-13-23(33-18(4)5)24(16-19)31-6/h10-18H,7-9H2,1-6H3,(H,26,28)/b15-11+. The molecule has 8 nitrogen and oxygen atoms in total. The van der Waals surface area contributed by atoms with Gasteiger partial charge in [-0.15, -0.1) is 0 Å². The zero-order chi connectivity index (χ0) is 25.3. The molecular weight excluding hydrogens is 456 g/mol. The monoisotopic (exact) mass is 490 g/mol. The van der Waals surface area contributed by atoms with Crippen molar-refractivity contribution < 1.29 is 27.4 Å². The number of sulfonamides is 1. The summed E-state index contributed by atoms with van der Waals surface area (Å²) in [6.07, 6.45) is 2.99. The number of benzene rings is 2. The molecule has 2 aromatic rings. The third-order valence-electron chi connectivity index (χ3n) is 4.83. The predicted octanol–water partition coefficient (Wildman–Crippen LogP) is 4.56. The van der Waals surface area contributed by atoms with Gasteiger partial charge in [0.25, 0.3) is 0 Å². The molecule has 9 heteroatoms. The summed E-state index contributed by atoms with van der Waals surface area (Å²) in [6, 6.07) is 9.82. The lowest BCUT2D eigenvalue weighted by atomic mass is 10.2. The van der Waals surface area contributed by atoms with E-state index in [2.05, 4.69) is 5.32 Å². The molecule has 2 aromatic carbocycles. The summed E-state index contributed by atoms with van der Waals surface area (Å²) in [7, 11) is -2.13. The van der Waals surface area contributed by atoms with Crippen LogP contribution in [-0.4, -0.2) is 51.5 Å². The molecule has 186 valence electrons. The number of rotatable bonds is 12. The molecule has 0 heterocycles. The second-order valence-electron chi connectivity index (χ2n) is 7.58. The van der Waals surface area contributed by atoms with Gasteiger partial charge in [-0.1, -0.05) is 19.9 Å². The third kappa shape index (κ3) is 6.98. The van der Waals surface area contributed by atoms with E-state index in [0.29, 0.717) is 36.9 Å². The van der Waals surface area contributed by atoms with Crippen molar-refractivity contribution in [1.82, 2.24) is 4.31 Å². The summed E-state index contributed by atoms with van der Waals surface area (Å²) < 4.78 is 43.8. The molecule has 1 N–H and O–H groups in total. The fourth-order valence-electron chi connectivity index (χ4n) is 3.25. The largest absolute Gasteiger partial charge is 0.493 e. The molecule has 0 aromatic heterocycles. The molecule has 0 fully saturated rings. The quantitative estimate of drug-likeness (QED) is 0.438. The number of carbonyl (C=O) groups is 1. The van der Waals surface area contributed by atoms with E-state index >= 15 is 0 Å². The number of anilines is 1. The maximum absolute atomic E-state index is 12.9. The van der Waals surface area contributed by atoms with Crippen molar-refractivity contribution in [2.75, 3.05) is 32.1 Å². The first-order valence-electron chi connectivity index (χ1n) is 11.3. The lowest BCUT2D eigenvalue weighted by Gasteiger charge is -2.19.